The fraction of sp³-hybridized carbons (Fsp3) is 0. The SMILES string of the molecule is O=C(Nc1ccc(Cl)cc1)c1ccc(NS(=O)(=O)c2ccc(F)c(F)c2F)cc1. The van der Waals surface area contributed by atoms with Crippen molar-refractivity contribution >= 4 is 38.9 Å². The van der Waals surface area contributed by atoms with Crippen LogP contribution >= 0.6 is 11.6 Å². The Morgan fingerprint density at radius 1 is 0.793 bits per heavy atom. The third kappa shape index (κ3) is 4.69. The number of halogens is 4. The van der Waals surface area contributed by atoms with Crippen LogP contribution in [-0.2, 0) is 10.0 Å². The lowest BCUT2D eigenvalue weighted by atomic mass is 10.2. The van der Waals surface area contributed by atoms with Gasteiger partial charge in [0.15, 0.2) is 17.5 Å². The lowest BCUT2D eigenvalue weighted by Gasteiger charge is -2.10. The third-order valence-electron chi connectivity index (χ3n) is 3.79. The van der Waals surface area contributed by atoms with E-state index in [0.29, 0.717) is 22.8 Å². The molecule has 150 valence electrons. The highest BCUT2D eigenvalue weighted by atomic mass is 35.5. The van der Waals surface area contributed by atoms with E-state index in [1.54, 1.807) is 24.3 Å². The standard InChI is InChI=1S/C19H12ClF3N2O3S/c20-12-3-7-13(8-4-12)24-19(26)11-1-5-14(6-2-11)25-29(27,28)16-10-9-15(21)17(22)18(16)23/h1-10,25H,(H,24,26). The first kappa shape index (κ1) is 20.7. The van der Waals surface area contributed by atoms with E-state index in [4.69, 9.17) is 11.6 Å². The zero-order valence-electron chi connectivity index (χ0n) is 14.4. The summed E-state index contributed by atoms with van der Waals surface area (Å²) in [7, 11) is -4.51. The quantitative estimate of drug-likeness (QED) is 0.559. The molecule has 3 aromatic rings. The first-order valence-electron chi connectivity index (χ1n) is 8.01. The minimum Gasteiger partial charge on any atom is -0.322 e. The molecular weight excluding hydrogens is 429 g/mol. The Morgan fingerprint density at radius 2 is 1.38 bits per heavy atom. The van der Waals surface area contributed by atoms with E-state index < -0.39 is 38.3 Å². The summed E-state index contributed by atoms with van der Waals surface area (Å²) < 4.78 is 66.6. The zero-order valence-corrected chi connectivity index (χ0v) is 16.0. The van der Waals surface area contributed by atoms with Crippen LogP contribution in [0.5, 0.6) is 0 Å². The van der Waals surface area contributed by atoms with Gasteiger partial charge in [-0.05, 0) is 60.7 Å². The molecule has 2 N–H and O–H groups in total. The van der Waals surface area contributed by atoms with Crippen LogP contribution in [0.25, 0.3) is 0 Å². The number of anilines is 2. The van der Waals surface area contributed by atoms with Gasteiger partial charge in [0.1, 0.15) is 4.90 Å². The number of hydrogen-bond acceptors (Lipinski definition) is 3. The molecule has 0 aliphatic carbocycles. The fourth-order valence-corrected chi connectivity index (χ4v) is 3.61. The van der Waals surface area contributed by atoms with Crippen LogP contribution in [0.3, 0.4) is 0 Å². The van der Waals surface area contributed by atoms with Gasteiger partial charge in [0.05, 0.1) is 0 Å². The molecule has 0 heterocycles. The molecule has 0 saturated carbocycles. The molecule has 29 heavy (non-hydrogen) atoms. The van der Waals surface area contributed by atoms with Gasteiger partial charge in [-0.3, -0.25) is 9.52 Å². The number of rotatable bonds is 5. The van der Waals surface area contributed by atoms with Crippen molar-refractivity contribution in [2.24, 2.45) is 0 Å². The Morgan fingerprint density at radius 3 is 2.00 bits per heavy atom. The van der Waals surface area contributed by atoms with Crippen LogP contribution in [0.4, 0.5) is 24.5 Å². The van der Waals surface area contributed by atoms with Gasteiger partial charge in [-0.25, -0.2) is 21.6 Å². The Labute approximate surface area is 169 Å². The predicted molar refractivity (Wildman–Crippen MR) is 103 cm³/mol. The van der Waals surface area contributed by atoms with Crippen molar-refractivity contribution in [3.8, 4) is 0 Å². The molecule has 3 aromatic carbocycles. The zero-order chi connectivity index (χ0) is 21.2. The molecule has 1 amide bonds. The molecule has 0 radical (unpaired) electrons. The summed E-state index contributed by atoms with van der Waals surface area (Å²) >= 11 is 5.77. The van der Waals surface area contributed by atoms with Gasteiger partial charge in [-0.1, -0.05) is 11.6 Å². The molecule has 0 fully saturated rings. The molecule has 0 spiro atoms. The Kier molecular flexibility index (Phi) is 5.81. The van der Waals surface area contributed by atoms with E-state index in [9.17, 15) is 26.4 Å². The third-order valence-corrected chi connectivity index (χ3v) is 5.44. The predicted octanol–water partition coefficient (Wildman–Crippen LogP) is 4.81. The Hall–Kier alpha value is -3.04. The van der Waals surface area contributed by atoms with E-state index in [1.165, 1.54) is 24.3 Å². The van der Waals surface area contributed by atoms with Crippen molar-refractivity contribution in [3.63, 3.8) is 0 Å². The van der Waals surface area contributed by atoms with Gasteiger partial charge in [0.2, 0.25) is 0 Å². The number of benzene rings is 3. The highest BCUT2D eigenvalue weighted by molar-refractivity contribution is 7.92. The van der Waals surface area contributed by atoms with E-state index in [-0.39, 0.29) is 11.3 Å². The van der Waals surface area contributed by atoms with Gasteiger partial charge in [-0.15, -0.1) is 0 Å². The van der Waals surface area contributed by atoms with Crippen LogP contribution in [0, 0.1) is 17.5 Å². The minimum absolute atomic E-state index is 0.00261. The second-order valence-electron chi connectivity index (χ2n) is 5.82. The largest absolute Gasteiger partial charge is 0.322 e. The van der Waals surface area contributed by atoms with E-state index in [0.717, 1.165) is 0 Å². The summed E-state index contributed by atoms with van der Waals surface area (Å²) in [6.07, 6.45) is 0. The molecule has 0 unspecified atom stereocenters. The van der Waals surface area contributed by atoms with Gasteiger partial charge in [-0.2, -0.15) is 0 Å². The van der Waals surface area contributed by atoms with E-state index in [1.807, 2.05) is 4.72 Å². The molecule has 0 aromatic heterocycles. The molecule has 10 heteroatoms. The van der Waals surface area contributed by atoms with Gasteiger partial charge < -0.3 is 5.32 Å². The summed E-state index contributed by atoms with van der Waals surface area (Å²) in [6, 6.07) is 12.8. The number of carbonyl (C=O) groups excluding carboxylic acids is 1. The summed E-state index contributed by atoms with van der Waals surface area (Å²) in [5.41, 5.74) is 0.733. The van der Waals surface area contributed by atoms with Crippen molar-refractivity contribution in [2.45, 2.75) is 4.90 Å². The average molecular weight is 441 g/mol. The monoisotopic (exact) mass is 440 g/mol. The van der Waals surface area contributed by atoms with Gasteiger partial charge in [0.25, 0.3) is 15.9 Å². The second kappa shape index (κ2) is 8.14. The first-order chi connectivity index (χ1) is 13.7. The van der Waals surface area contributed by atoms with Gasteiger partial charge in [0, 0.05) is 22.0 Å². The summed E-state index contributed by atoms with van der Waals surface area (Å²) in [4.78, 5) is 11.2. The van der Waals surface area contributed by atoms with Crippen LogP contribution in [0.15, 0.2) is 65.6 Å². The highest BCUT2D eigenvalue weighted by Gasteiger charge is 2.24. The smallest absolute Gasteiger partial charge is 0.264 e. The van der Waals surface area contributed by atoms with Crippen LogP contribution in [0.2, 0.25) is 5.02 Å². The van der Waals surface area contributed by atoms with E-state index >= 15 is 0 Å². The summed E-state index contributed by atoms with van der Waals surface area (Å²) in [5, 5.41) is 3.15. The molecule has 0 saturated heterocycles. The second-order valence-corrected chi connectivity index (χ2v) is 7.90. The van der Waals surface area contributed by atoms with Crippen LogP contribution < -0.4 is 10.0 Å². The normalized spacial score (nSPS) is 11.2. The molecule has 0 aliphatic heterocycles. The van der Waals surface area contributed by atoms with Crippen molar-refractivity contribution < 1.29 is 26.4 Å². The summed E-state index contributed by atoms with van der Waals surface area (Å²) in [5.74, 6) is -5.66. The number of nitrogens with one attached hydrogen (secondary N) is 2. The summed E-state index contributed by atoms with van der Waals surface area (Å²) in [6.45, 7) is 0. The topological polar surface area (TPSA) is 75.3 Å². The first-order valence-corrected chi connectivity index (χ1v) is 9.87. The lowest BCUT2D eigenvalue weighted by molar-refractivity contribution is 0.102. The van der Waals surface area contributed by atoms with Crippen molar-refractivity contribution in [1.29, 1.82) is 0 Å². The lowest BCUT2D eigenvalue weighted by Crippen LogP contribution is -2.16. The Bertz CT molecular complexity index is 1170. The maximum absolute atomic E-state index is 13.8. The highest BCUT2D eigenvalue weighted by Crippen LogP contribution is 2.23. The molecule has 0 atom stereocenters. The number of carbonyl (C=O) groups is 1. The Balaban J connectivity index is 1.75. The minimum atomic E-state index is -4.51. The fourth-order valence-electron chi connectivity index (χ4n) is 2.35. The molecule has 0 aliphatic rings. The maximum Gasteiger partial charge on any atom is 0.264 e. The molecule has 5 nitrogen and oxygen atoms in total. The average Bonchev–Trinajstić information content (AvgIpc) is 2.68. The number of hydrogen-bond donors (Lipinski definition) is 2. The van der Waals surface area contributed by atoms with Crippen LogP contribution in [-0.4, -0.2) is 14.3 Å². The van der Waals surface area contributed by atoms with Crippen molar-refractivity contribution in [3.05, 3.63) is 88.7 Å². The van der Waals surface area contributed by atoms with Crippen molar-refractivity contribution in [1.82, 2.24) is 0 Å². The van der Waals surface area contributed by atoms with Gasteiger partial charge >= 0.3 is 0 Å². The van der Waals surface area contributed by atoms with E-state index in [2.05, 4.69) is 5.32 Å². The van der Waals surface area contributed by atoms with Crippen molar-refractivity contribution in [2.75, 3.05) is 10.0 Å². The molecular formula is C19H12ClF3N2O3S. The maximum atomic E-state index is 13.8. The molecule has 0 bridgehead atoms. The molecule has 3 rings (SSSR count). The van der Waals surface area contributed by atoms with Crippen LogP contribution in [0.1, 0.15) is 10.4 Å². The number of sulfonamides is 1. The number of amides is 1.